The van der Waals surface area contributed by atoms with Gasteiger partial charge in [0.2, 0.25) is 0 Å². The Labute approximate surface area is 159 Å². The number of thioether (sulfide) groups is 1. The van der Waals surface area contributed by atoms with E-state index >= 15 is 0 Å². The van der Waals surface area contributed by atoms with E-state index in [9.17, 15) is 15.0 Å². The summed E-state index contributed by atoms with van der Waals surface area (Å²) >= 11 is 8.08. The van der Waals surface area contributed by atoms with E-state index in [1.54, 1.807) is 18.4 Å². The average molecular weight is 395 g/mol. The molecule has 1 fully saturated rings. The first kappa shape index (κ1) is 18.3. The molecule has 1 saturated heterocycles. The lowest BCUT2D eigenvalue weighted by Gasteiger charge is -2.22. The first-order chi connectivity index (χ1) is 12.0. The van der Waals surface area contributed by atoms with Crippen molar-refractivity contribution in [1.29, 1.82) is 0 Å². The molecule has 2 heterocycles. The van der Waals surface area contributed by atoms with Gasteiger partial charge in [0.1, 0.15) is 4.32 Å². The molecule has 1 aliphatic rings. The van der Waals surface area contributed by atoms with Crippen molar-refractivity contribution in [2.75, 3.05) is 38.3 Å². The number of amides is 1. The van der Waals surface area contributed by atoms with Crippen LogP contribution in [-0.4, -0.2) is 58.7 Å². The number of thiocarbonyl (C=S) groups is 1. The number of benzene rings is 1. The SMILES string of the molecule is CN1C(=O)/C(=C/c2cc3ccc(N(CCO)CCO)cc3s2)SC1=S. The topological polar surface area (TPSA) is 64.0 Å². The van der Waals surface area contributed by atoms with E-state index in [2.05, 4.69) is 6.07 Å². The van der Waals surface area contributed by atoms with Crippen molar-refractivity contribution in [3.63, 3.8) is 0 Å². The lowest BCUT2D eigenvalue weighted by molar-refractivity contribution is -0.121. The highest BCUT2D eigenvalue weighted by molar-refractivity contribution is 8.26. The highest BCUT2D eigenvalue weighted by atomic mass is 32.2. The zero-order valence-electron chi connectivity index (χ0n) is 13.6. The summed E-state index contributed by atoms with van der Waals surface area (Å²) in [4.78, 5) is 17.2. The van der Waals surface area contributed by atoms with E-state index in [0.717, 1.165) is 20.7 Å². The molecular weight excluding hydrogens is 376 g/mol. The van der Waals surface area contributed by atoms with Crippen LogP contribution in [0.2, 0.25) is 0 Å². The molecule has 1 aliphatic heterocycles. The summed E-state index contributed by atoms with van der Waals surface area (Å²) < 4.78 is 1.67. The quantitative estimate of drug-likeness (QED) is 0.580. The van der Waals surface area contributed by atoms with Crippen LogP contribution in [-0.2, 0) is 4.79 Å². The molecule has 0 spiro atoms. The number of anilines is 1. The minimum Gasteiger partial charge on any atom is -0.395 e. The van der Waals surface area contributed by atoms with Gasteiger partial charge in [0, 0.05) is 35.4 Å². The molecule has 5 nitrogen and oxygen atoms in total. The zero-order valence-corrected chi connectivity index (χ0v) is 16.1. The molecule has 0 atom stereocenters. The number of carbonyl (C=O) groups is 1. The van der Waals surface area contributed by atoms with Crippen LogP contribution in [0.25, 0.3) is 16.2 Å². The van der Waals surface area contributed by atoms with E-state index < -0.39 is 0 Å². The Morgan fingerprint density at radius 3 is 2.56 bits per heavy atom. The summed E-state index contributed by atoms with van der Waals surface area (Å²) in [5.74, 6) is -0.0646. The van der Waals surface area contributed by atoms with Gasteiger partial charge in [0.25, 0.3) is 5.91 Å². The number of aliphatic hydroxyl groups is 2. The lowest BCUT2D eigenvalue weighted by Crippen LogP contribution is -2.29. The maximum absolute atomic E-state index is 12.1. The van der Waals surface area contributed by atoms with Crippen LogP contribution in [0.3, 0.4) is 0 Å². The Balaban J connectivity index is 1.90. The largest absolute Gasteiger partial charge is 0.395 e. The highest BCUT2D eigenvalue weighted by Gasteiger charge is 2.28. The number of hydrogen-bond donors (Lipinski definition) is 2. The van der Waals surface area contributed by atoms with Gasteiger partial charge >= 0.3 is 0 Å². The van der Waals surface area contributed by atoms with E-state index in [1.807, 2.05) is 29.2 Å². The van der Waals surface area contributed by atoms with E-state index in [1.165, 1.54) is 16.7 Å². The van der Waals surface area contributed by atoms with Gasteiger partial charge in [-0.3, -0.25) is 9.69 Å². The van der Waals surface area contributed by atoms with Gasteiger partial charge < -0.3 is 15.1 Å². The molecule has 3 rings (SSSR count). The number of thiophene rings is 1. The second-order valence-electron chi connectivity index (χ2n) is 5.55. The Kier molecular flexibility index (Phi) is 5.75. The fourth-order valence-electron chi connectivity index (χ4n) is 2.59. The number of aliphatic hydroxyl groups excluding tert-OH is 2. The summed E-state index contributed by atoms with van der Waals surface area (Å²) in [6, 6.07) is 8.10. The third-order valence-electron chi connectivity index (χ3n) is 3.89. The van der Waals surface area contributed by atoms with Crippen molar-refractivity contribution in [3.8, 4) is 0 Å². The van der Waals surface area contributed by atoms with Gasteiger partial charge in [-0.05, 0) is 29.7 Å². The van der Waals surface area contributed by atoms with Crippen molar-refractivity contribution in [2.24, 2.45) is 0 Å². The van der Waals surface area contributed by atoms with Crippen molar-refractivity contribution in [1.82, 2.24) is 4.90 Å². The van der Waals surface area contributed by atoms with E-state index in [-0.39, 0.29) is 19.1 Å². The molecular formula is C17H18N2O3S3. The number of carbonyl (C=O) groups excluding carboxylic acids is 1. The molecule has 2 N–H and O–H groups in total. The van der Waals surface area contributed by atoms with Gasteiger partial charge in [-0.1, -0.05) is 30.0 Å². The minimum atomic E-state index is -0.0646. The predicted octanol–water partition coefficient (Wildman–Crippen LogP) is 2.52. The fourth-order valence-corrected chi connectivity index (χ4v) is 4.88. The maximum atomic E-state index is 12.1. The van der Waals surface area contributed by atoms with Gasteiger partial charge in [0.05, 0.1) is 18.1 Å². The van der Waals surface area contributed by atoms with Crippen LogP contribution in [0.15, 0.2) is 29.2 Å². The van der Waals surface area contributed by atoms with Crippen LogP contribution < -0.4 is 4.90 Å². The smallest absolute Gasteiger partial charge is 0.265 e. The summed E-state index contributed by atoms with van der Waals surface area (Å²) in [5.41, 5.74) is 0.962. The second kappa shape index (κ2) is 7.84. The van der Waals surface area contributed by atoms with E-state index in [4.69, 9.17) is 12.2 Å². The minimum absolute atomic E-state index is 0.0343. The highest BCUT2D eigenvalue weighted by Crippen LogP contribution is 2.35. The summed E-state index contributed by atoms with van der Waals surface area (Å²) in [7, 11) is 1.69. The molecule has 8 heteroatoms. The molecule has 2 aromatic rings. The van der Waals surface area contributed by atoms with Gasteiger partial charge in [-0.2, -0.15) is 0 Å². The molecule has 0 unspecified atom stereocenters. The average Bonchev–Trinajstić information content (AvgIpc) is 3.10. The summed E-state index contributed by atoms with van der Waals surface area (Å²) in [5, 5.41) is 19.5. The number of likely N-dealkylation sites (N-methyl/N-ethyl adjacent to an activating group) is 1. The van der Waals surface area contributed by atoms with Crippen LogP contribution in [0.5, 0.6) is 0 Å². The van der Waals surface area contributed by atoms with Crippen molar-refractivity contribution in [3.05, 3.63) is 34.0 Å². The van der Waals surface area contributed by atoms with Gasteiger partial charge in [-0.25, -0.2) is 0 Å². The predicted molar refractivity (Wildman–Crippen MR) is 109 cm³/mol. The molecule has 1 aromatic carbocycles. The first-order valence-corrected chi connectivity index (χ1v) is 9.79. The molecule has 0 bridgehead atoms. The van der Waals surface area contributed by atoms with Crippen LogP contribution >= 0.6 is 35.3 Å². The number of hydrogen-bond acceptors (Lipinski definition) is 7. The Hall–Kier alpha value is -1.45. The molecule has 25 heavy (non-hydrogen) atoms. The van der Waals surface area contributed by atoms with Crippen molar-refractivity contribution in [2.45, 2.75) is 0 Å². The maximum Gasteiger partial charge on any atom is 0.265 e. The fraction of sp³-hybridized carbons (Fsp3) is 0.294. The second-order valence-corrected chi connectivity index (χ2v) is 8.34. The summed E-state index contributed by atoms with van der Waals surface area (Å²) in [6.07, 6.45) is 1.88. The van der Waals surface area contributed by atoms with Gasteiger partial charge in [0.15, 0.2) is 0 Å². The third kappa shape index (κ3) is 3.88. The Morgan fingerprint density at radius 1 is 1.24 bits per heavy atom. The number of fused-ring (bicyclic) bond motifs is 1. The van der Waals surface area contributed by atoms with Crippen molar-refractivity contribution < 1.29 is 15.0 Å². The van der Waals surface area contributed by atoms with Gasteiger partial charge in [-0.15, -0.1) is 11.3 Å². The molecule has 1 aromatic heterocycles. The molecule has 0 aliphatic carbocycles. The van der Waals surface area contributed by atoms with Crippen LogP contribution in [0, 0.1) is 0 Å². The normalized spacial score (nSPS) is 16.4. The zero-order chi connectivity index (χ0) is 18.0. The van der Waals surface area contributed by atoms with E-state index in [0.29, 0.717) is 22.3 Å². The molecule has 1 amide bonds. The first-order valence-electron chi connectivity index (χ1n) is 7.75. The lowest BCUT2D eigenvalue weighted by atomic mass is 10.2. The molecule has 132 valence electrons. The van der Waals surface area contributed by atoms with Crippen molar-refractivity contribution >= 4 is 67.4 Å². The van der Waals surface area contributed by atoms with Crippen LogP contribution in [0.1, 0.15) is 4.88 Å². The van der Waals surface area contributed by atoms with Crippen LogP contribution in [0.4, 0.5) is 5.69 Å². The Bertz CT molecular complexity index is 841. The monoisotopic (exact) mass is 394 g/mol. The molecule has 0 radical (unpaired) electrons. The number of nitrogens with zero attached hydrogens (tertiary/aromatic N) is 2. The molecule has 0 saturated carbocycles. The standard InChI is InChI=1S/C17H18N2O3S3/c1-18-16(22)15(25-17(18)23)10-13-8-11-2-3-12(9-14(11)24-13)19(4-6-20)5-7-21/h2-3,8-10,20-21H,4-7H2,1H3/b15-10-. The summed E-state index contributed by atoms with van der Waals surface area (Å²) in [6.45, 7) is 1.02. The third-order valence-corrected chi connectivity index (χ3v) is 6.42. The number of rotatable bonds is 6. The Morgan fingerprint density at radius 2 is 1.96 bits per heavy atom.